The summed E-state index contributed by atoms with van der Waals surface area (Å²) in [5, 5.41) is 2.86. The molecule has 1 heterocycles. The molecule has 0 spiro atoms. The highest BCUT2D eigenvalue weighted by atomic mass is 32.2. The van der Waals surface area contributed by atoms with Crippen molar-refractivity contribution in [3.63, 3.8) is 0 Å². The minimum atomic E-state index is -3.10. The third kappa shape index (κ3) is 3.54. The van der Waals surface area contributed by atoms with Crippen LogP contribution in [0.2, 0.25) is 0 Å². The molecule has 0 aromatic rings. The monoisotopic (exact) mass is 275 g/mol. The van der Waals surface area contributed by atoms with Crippen LogP contribution in [-0.2, 0) is 14.6 Å². The molecule has 18 heavy (non-hydrogen) atoms. The Kier molecular flexibility index (Phi) is 5.34. The summed E-state index contributed by atoms with van der Waals surface area (Å²) in [5.74, 6) is 0.134. The number of nitrogens with one attached hydrogen (secondary N) is 1. The summed E-state index contributed by atoms with van der Waals surface area (Å²) in [5.41, 5.74) is -0.280. The molecule has 0 radical (unpaired) electrons. The van der Waals surface area contributed by atoms with Crippen molar-refractivity contribution in [2.45, 2.75) is 51.7 Å². The number of piperidine rings is 1. The Balaban J connectivity index is 2.64. The second kappa shape index (κ2) is 6.15. The molecule has 1 aliphatic heterocycles. The molecule has 1 aliphatic rings. The highest BCUT2D eigenvalue weighted by Gasteiger charge is 2.37. The van der Waals surface area contributed by atoms with Gasteiger partial charge in [0.25, 0.3) is 0 Å². The molecule has 0 saturated carbocycles. The number of hydrogen-bond acceptors (Lipinski definition) is 4. The van der Waals surface area contributed by atoms with E-state index in [1.165, 1.54) is 0 Å². The summed E-state index contributed by atoms with van der Waals surface area (Å²) in [6.45, 7) is 7.08. The molecule has 0 unspecified atom stereocenters. The van der Waals surface area contributed by atoms with Gasteiger partial charge in [-0.3, -0.25) is 4.79 Å². The number of carbonyl (C=O) groups excluding carboxylic acids is 1. The van der Waals surface area contributed by atoms with Gasteiger partial charge in [-0.05, 0) is 46.2 Å². The lowest BCUT2D eigenvalue weighted by molar-refractivity contribution is -0.130. The zero-order chi connectivity index (χ0) is 13.8. The minimum Gasteiger partial charge on any atom is -0.317 e. The van der Waals surface area contributed by atoms with Crippen LogP contribution in [0.5, 0.6) is 0 Å². The average molecular weight is 275 g/mol. The lowest BCUT2D eigenvalue weighted by Crippen LogP contribution is -2.42. The first kappa shape index (κ1) is 15.6. The zero-order valence-electron chi connectivity index (χ0n) is 11.7. The Morgan fingerprint density at radius 2 is 1.83 bits per heavy atom. The molecule has 0 aliphatic carbocycles. The highest BCUT2D eigenvalue weighted by Crippen LogP contribution is 2.34. The van der Waals surface area contributed by atoms with Crippen molar-refractivity contribution < 1.29 is 13.2 Å². The van der Waals surface area contributed by atoms with Gasteiger partial charge in [-0.1, -0.05) is 6.92 Å². The molecule has 5 heteroatoms. The first-order valence-corrected chi connectivity index (χ1v) is 8.51. The number of hydrogen-bond donors (Lipinski definition) is 1. The highest BCUT2D eigenvalue weighted by molar-refractivity contribution is 7.91. The standard InChI is InChI=1S/C13H25NO3S/c1-4-13(6-8-14-9-7-13)12(15)5-10-18(16,17)11(2)3/h11,14H,4-10H2,1-3H3. The predicted molar refractivity (Wildman–Crippen MR) is 73.4 cm³/mol. The van der Waals surface area contributed by atoms with Crippen LogP contribution in [0.25, 0.3) is 0 Å². The zero-order valence-corrected chi connectivity index (χ0v) is 12.5. The lowest BCUT2D eigenvalue weighted by Gasteiger charge is -2.35. The van der Waals surface area contributed by atoms with Crippen molar-refractivity contribution in [2.75, 3.05) is 18.8 Å². The third-order valence-electron chi connectivity index (χ3n) is 4.16. The fourth-order valence-corrected chi connectivity index (χ4v) is 3.41. The van der Waals surface area contributed by atoms with Crippen LogP contribution in [0.1, 0.15) is 46.5 Å². The van der Waals surface area contributed by atoms with Crippen molar-refractivity contribution in [2.24, 2.45) is 5.41 Å². The predicted octanol–water partition coefficient (Wildman–Crippen LogP) is 1.55. The molecule has 1 saturated heterocycles. The average Bonchev–Trinajstić information content (AvgIpc) is 2.36. The smallest absolute Gasteiger partial charge is 0.153 e. The number of rotatable bonds is 6. The van der Waals surface area contributed by atoms with Crippen molar-refractivity contribution in [3.05, 3.63) is 0 Å². The van der Waals surface area contributed by atoms with Crippen molar-refractivity contribution >= 4 is 15.6 Å². The third-order valence-corrected chi connectivity index (χ3v) is 6.37. The van der Waals surface area contributed by atoms with Gasteiger partial charge in [0.2, 0.25) is 0 Å². The summed E-state index contributed by atoms with van der Waals surface area (Å²) in [6, 6.07) is 0. The first-order valence-electron chi connectivity index (χ1n) is 6.79. The van der Waals surface area contributed by atoms with Gasteiger partial charge in [0.15, 0.2) is 9.84 Å². The van der Waals surface area contributed by atoms with Gasteiger partial charge >= 0.3 is 0 Å². The normalized spacial score (nSPS) is 20.0. The maximum absolute atomic E-state index is 12.3. The number of Topliss-reactive ketones (excluding diaryl/α,β-unsaturated/α-hetero) is 1. The quantitative estimate of drug-likeness (QED) is 0.799. The molecular formula is C13H25NO3S. The first-order chi connectivity index (χ1) is 8.34. The van der Waals surface area contributed by atoms with E-state index in [1.807, 2.05) is 6.92 Å². The summed E-state index contributed by atoms with van der Waals surface area (Å²) < 4.78 is 23.5. The lowest BCUT2D eigenvalue weighted by atomic mass is 9.72. The Morgan fingerprint density at radius 3 is 2.28 bits per heavy atom. The molecule has 1 N–H and O–H groups in total. The minimum absolute atomic E-state index is 0.00131. The summed E-state index contributed by atoms with van der Waals surface area (Å²) in [6.07, 6.45) is 2.66. The van der Waals surface area contributed by atoms with Crippen LogP contribution in [0.4, 0.5) is 0 Å². The molecule has 4 nitrogen and oxygen atoms in total. The van der Waals surface area contributed by atoms with Crippen LogP contribution < -0.4 is 5.32 Å². The Hall–Kier alpha value is -0.420. The van der Waals surface area contributed by atoms with Crippen LogP contribution in [0, 0.1) is 5.41 Å². The Morgan fingerprint density at radius 1 is 1.28 bits per heavy atom. The molecule has 0 aromatic carbocycles. The van der Waals surface area contributed by atoms with Gasteiger partial charge < -0.3 is 5.32 Å². The maximum atomic E-state index is 12.3. The number of ketones is 1. The van der Waals surface area contributed by atoms with Crippen molar-refractivity contribution in [1.82, 2.24) is 5.32 Å². The maximum Gasteiger partial charge on any atom is 0.153 e. The second-order valence-electron chi connectivity index (χ2n) is 5.47. The van der Waals surface area contributed by atoms with Gasteiger partial charge in [0.1, 0.15) is 5.78 Å². The largest absolute Gasteiger partial charge is 0.317 e. The number of sulfone groups is 1. The van der Waals surface area contributed by atoms with Gasteiger partial charge in [-0.2, -0.15) is 0 Å². The molecule has 0 bridgehead atoms. The number of carbonyl (C=O) groups is 1. The summed E-state index contributed by atoms with van der Waals surface area (Å²) in [4.78, 5) is 12.3. The fourth-order valence-electron chi connectivity index (χ4n) is 2.47. The molecular weight excluding hydrogens is 250 g/mol. The molecule has 0 aromatic heterocycles. The molecule has 0 atom stereocenters. The van der Waals surface area contributed by atoms with Crippen LogP contribution in [0.3, 0.4) is 0 Å². The van der Waals surface area contributed by atoms with Gasteiger partial charge in [0, 0.05) is 11.8 Å². The van der Waals surface area contributed by atoms with E-state index in [0.717, 1.165) is 32.4 Å². The molecule has 0 amide bonds. The molecule has 1 fully saturated rings. The van der Waals surface area contributed by atoms with E-state index in [4.69, 9.17) is 0 Å². The topological polar surface area (TPSA) is 63.2 Å². The SMILES string of the molecule is CCC1(C(=O)CCS(=O)(=O)C(C)C)CCNCC1. The van der Waals surface area contributed by atoms with Gasteiger partial charge in [-0.25, -0.2) is 8.42 Å². The van der Waals surface area contributed by atoms with Gasteiger partial charge in [0.05, 0.1) is 11.0 Å². The summed E-state index contributed by atoms with van der Waals surface area (Å²) >= 11 is 0. The van der Waals surface area contributed by atoms with Crippen molar-refractivity contribution in [1.29, 1.82) is 0 Å². The fraction of sp³-hybridized carbons (Fsp3) is 0.923. The van der Waals surface area contributed by atoms with E-state index in [0.29, 0.717) is 0 Å². The van der Waals surface area contributed by atoms with Crippen LogP contribution in [-0.4, -0.2) is 38.3 Å². The van der Waals surface area contributed by atoms with E-state index < -0.39 is 15.1 Å². The van der Waals surface area contributed by atoms with E-state index in [-0.39, 0.29) is 23.4 Å². The molecule has 106 valence electrons. The Bertz CT molecular complexity index is 381. The van der Waals surface area contributed by atoms with Crippen LogP contribution >= 0.6 is 0 Å². The molecule has 1 rings (SSSR count). The van der Waals surface area contributed by atoms with E-state index >= 15 is 0 Å². The van der Waals surface area contributed by atoms with Gasteiger partial charge in [-0.15, -0.1) is 0 Å². The van der Waals surface area contributed by atoms with E-state index in [2.05, 4.69) is 5.32 Å². The van der Waals surface area contributed by atoms with E-state index in [9.17, 15) is 13.2 Å². The van der Waals surface area contributed by atoms with Crippen LogP contribution in [0.15, 0.2) is 0 Å². The summed E-state index contributed by atoms with van der Waals surface area (Å²) in [7, 11) is -3.10. The van der Waals surface area contributed by atoms with E-state index in [1.54, 1.807) is 13.8 Å². The van der Waals surface area contributed by atoms with Crippen molar-refractivity contribution in [3.8, 4) is 0 Å². The second-order valence-corrected chi connectivity index (χ2v) is 8.15. The Labute approximate surface area is 110 Å².